The van der Waals surface area contributed by atoms with Gasteiger partial charge in [-0.15, -0.1) is 0 Å². The van der Waals surface area contributed by atoms with Crippen LogP contribution in [0.4, 0.5) is 0 Å². The summed E-state index contributed by atoms with van der Waals surface area (Å²) in [6.07, 6.45) is 0.689. The first-order valence-corrected chi connectivity index (χ1v) is 8.02. The Bertz CT molecular complexity index is 738. The predicted octanol–water partition coefficient (Wildman–Crippen LogP) is 4.05. The lowest BCUT2D eigenvalue weighted by Gasteiger charge is -2.22. The van der Waals surface area contributed by atoms with E-state index in [0.29, 0.717) is 16.1 Å². The molecule has 2 aromatic rings. The maximum Gasteiger partial charge on any atom is 0.371 e. The van der Waals surface area contributed by atoms with Gasteiger partial charge >= 0.3 is 5.97 Å². The van der Waals surface area contributed by atoms with Crippen LogP contribution >= 0.6 is 23.2 Å². The number of amides is 1. The van der Waals surface area contributed by atoms with Crippen molar-refractivity contribution in [2.75, 3.05) is 0 Å². The Hall–Kier alpha value is -2.50. The molecule has 1 amide bonds. The van der Waals surface area contributed by atoms with E-state index in [4.69, 9.17) is 28.3 Å². The topological polar surface area (TPSA) is 77.8 Å². The first kappa shape index (κ1) is 18.8. The summed E-state index contributed by atoms with van der Waals surface area (Å²) in [7, 11) is 0. The van der Waals surface area contributed by atoms with Crippen molar-refractivity contribution in [3.05, 3.63) is 81.5 Å². The van der Waals surface area contributed by atoms with Gasteiger partial charge in [-0.25, -0.2) is 4.79 Å². The molecule has 2 rings (SSSR count). The molecule has 5 nitrogen and oxygen atoms in total. The van der Waals surface area contributed by atoms with Crippen molar-refractivity contribution in [3.63, 3.8) is 0 Å². The van der Waals surface area contributed by atoms with Crippen molar-refractivity contribution in [2.45, 2.75) is 13.1 Å². The van der Waals surface area contributed by atoms with Crippen LogP contribution < -0.4 is 0 Å². The van der Waals surface area contributed by atoms with E-state index in [1.165, 1.54) is 4.90 Å². The number of carbonyl (C=O) groups excluding carboxylic acids is 1. The number of hydrogen-bond acceptors (Lipinski definition) is 3. The Balaban J connectivity index is 2.24. The van der Waals surface area contributed by atoms with Gasteiger partial charge < -0.3 is 15.1 Å². The quantitative estimate of drug-likeness (QED) is 0.586. The molecule has 0 spiro atoms. The molecule has 0 unspecified atom stereocenters. The summed E-state index contributed by atoms with van der Waals surface area (Å²) in [5.41, 5.74) is 1.63. The number of nitrogens with zero attached hydrogens (tertiary/aromatic N) is 1. The van der Waals surface area contributed by atoms with Crippen molar-refractivity contribution in [2.24, 2.45) is 0 Å². The van der Waals surface area contributed by atoms with Gasteiger partial charge in [0.25, 0.3) is 5.91 Å². The largest absolute Gasteiger partial charge is 0.502 e. The smallest absolute Gasteiger partial charge is 0.371 e. The van der Waals surface area contributed by atoms with Crippen LogP contribution in [-0.4, -0.2) is 27.0 Å². The van der Waals surface area contributed by atoms with E-state index in [1.54, 1.807) is 48.5 Å². The van der Waals surface area contributed by atoms with Gasteiger partial charge in [0.05, 0.1) is 6.08 Å². The minimum absolute atomic E-state index is 0.224. The van der Waals surface area contributed by atoms with Gasteiger partial charge in [0, 0.05) is 23.1 Å². The maximum atomic E-state index is 12.4. The molecule has 0 aliphatic carbocycles. The summed E-state index contributed by atoms with van der Waals surface area (Å²) in [6, 6.07) is 13.9. The molecule has 0 bridgehead atoms. The first-order chi connectivity index (χ1) is 11.8. The summed E-state index contributed by atoms with van der Waals surface area (Å²) < 4.78 is 0. The van der Waals surface area contributed by atoms with Gasteiger partial charge in [-0.3, -0.25) is 4.79 Å². The Kier molecular flexibility index (Phi) is 6.44. The molecule has 0 saturated heterocycles. The third kappa shape index (κ3) is 5.81. The number of rotatable bonds is 6. The zero-order chi connectivity index (χ0) is 18.4. The molecule has 0 heterocycles. The normalized spacial score (nSPS) is 11.2. The number of aliphatic hydroxyl groups is 1. The highest BCUT2D eigenvalue weighted by Gasteiger charge is 2.16. The highest BCUT2D eigenvalue weighted by Crippen LogP contribution is 2.16. The van der Waals surface area contributed by atoms with Crippen molar-refractivity contribution in [1.82, 2.24) is 4.90 Å². The number of aliphatic carboxylic acids is 1. The van der Waals surface area contributed by atoms with Crippen molar-refractivity contribution < 1.29 is 19.8 Å². The van der Waals surface area contributed by atoms with Crippen LogP contribution in [0.3, 0.4) is 0 Å². The summed E-state index contributed by atoms with van der Waals surface area (Å²) in [6.45, 7) is 0.448. The van der Waals surface area contributed by atoms with Gasteiger partial charge in [0.2, 0.25) is 5.76 Å². The van der Waals surface area contributed by atoms with Crippen molar-refractivity contribution >= 4 is 35.1 Å². The Morgan fingerprint density at radius 2 is 1.24 bits per heavy atom. The maximum absolute atomic E-state index is 12.4. The lowest BCUT2D eigenvalue weighted by Crippen LogP contribution is -2.29. The van der Waals surface area contributed by atoms with Crippen LogP contribution in [0.1, 0.15) is 11.1 Å². The third-order valence-electron chi connectivity index (χ3n) is 3.36. The van der Waals surface area contributed by atoms with Crippen LogP contribution in [0.15, 0.2) is 60.4 Å². The Morgan fingerprint density at radius 1 is 0.840 bits per heavy atom. The fourth-order valence-corrected chi connectivity index (χ4v) is 2.35. The first-order valence-electron chi connectivity index (χ1n) is 7.27. The predicted molar refractivity (Wildman–Crippen MR) is 95.5 cm³/mol. The molecule has 0 radical (unpaired) electrons. The molecule has 0 atom stereocenters. The van der Waals surface area contributed by atoms with Crippen molar-refractivity contribution in [3.8, 4) is 0 Å². The minimum atomic E-state index is -1.56. The highest BCUT2D eigenvalue weighted by atomic mass is 35.5. The van der Waals surface area contributed by atoms with Gasteiger partial charge in [-0.1, -0.05) is 47.5 Å². The SMILES string of the molecule is O=C(O)C(O)=CC(=O)N(Cc1ccc(Cl)cc1)Cc1ccc(Cl)cc1. The second kappa shape index (κ2) is 8.55. The Labute approximate surface area is 154 Å². The monoisotopic (exact) mass is 379 g/mol. The molecule has 130 valence electrons. The van der Waals surface area contributed by atoms with E-state index < -0.39 is 17.6 Å². The number of benzene rings is 2. The van der Waals surface area contributed by atoms with E-state index in [1.807, 2.05) is 0 Å². The zero-order valence-corrected chi connectivity index (χ0v) is 14.5. The number of carboxylic acid groups (broad SMARTS) is 1. The van der Waals surface area contributed by atoms with E-state index in [2.05, 4.69) is 0 Å². The number of hydrogen-bond donors (Lipinski definition) is 2. The van der Waals surface area contributed by atoms with Gasteiger partial charge in [-0.2, -0.15) is 0 Å². The average Bonchev–Trinajstić information content (AvgIpc) is 2.58. The molecule has 0 aromatic heterocycles. The number of aliphatic hydroxyl groups excluding tert-OH is 1. The fraction of sp³-hybridized carbons (Fsp3) is 0.111. The summed E-state index contributed by atoms with van der Waals surface area (Å²) in [5.74, 6) is -3.20. The molecule has 0 fully saturated rings. The van der Waals surface area contributed by atoms with E-state index >= 15 is 0 Å². The lowest BCUT2D eigenvalue weighted by atomic mass is 10.1. The van der Waals surface area contributed by atoms with Crippen LogP contribution in [0, 0.1) is 0 Å². The molecule has 2 N–H and O–H groups in total. The minimum Gasteiger partial charge on any atom is -0.502 e. The second-order valence-corrected chi connectivity index (χ2v) is 6.15. The molecular weight excluding hydrogens is 365 g/mol. The Morgan fingerprint density at radius 3 is 1.60 bits per heavy atom. The second-order valence-electron chi connectivity index (χ2n) is 5.28. The van der Waals surface area contributed by atoms with Crippen molar-refractivity contribution in [1.29, 1.82) is 0 Å². The van der Waals surface area contributed by atoms with Gasteiger partial charge in [0.1, 0.15) is 0 Å². The van der Waals surface area contributed by atoms with Crippen LogP contribution in [0.2, 0.25) is 10.0 Å². The summed E-state index contributed by atoms with van der Waals surface area (Å²) in [4.78, 5) is 24.5. The van der Waals surface area contributed by atoms with E-state index in [0.717, 1.165) is 11.1 Å². The van der Waals surface area contributed by atoms with Crippen LogP contribution in [0.5, 0.6) is 0 Å². The molecule has 0 saturated carbocycles. The van der Waals surface area contributed by atoms with Crippen LogP contribution in [0.25, 0.3) is 0 Å². The molecule has 0 aliphatic rings. The number of carboxylic acids is 1. The lowest BCUT2D eigenvalue weighted by molar-refractivity contribution is -0.136. The molecular formula is C18H15Cl2NO4. The van der Waals surface area contributed by atoms with E-state index in [9.17, 15) is 14.7 Å². The van der Waals surface area contributed by atoms with Crippen LogP contribution in [-0.2, 0) is 22.7 Å². The number of halogens is 2. The highest BCUT2D eigenvalue weighted by molar-refractivity contribution is 6.30. The summed E-state index contributed by atoms with van der Waals surface area (Å²) in [5, 5.41) is 19.2. The summed E-state index contributed by atoms with van der Waals surface area (Å²) >= 11 is 11.7. The molecule has 2 aromatic carbocycles. The molecule has 25 heavy (non-hydrogen) atoms. The number of carbonyl (C=O) groups is 2. The standard InChI is InChI=1S/C18H15Cl2NO4/c19-14-5-1-12(2-6-14)10-21(17(23)9-16(22)18(24)25)11-13-3-7-15(20)8-4-13/h1-9,22H,10-11H2,(H,24,25). The average molecular weight is 380 g/mol. The van der Waals surface area contributed by atoms with E-state index in [-0.39, 0.29) is 13.1 Å². The zero-order valence-electron chi connectivity index (χ0n) is 13.0. The third-order valence-corrected chi connectivity index (χ3v) is 3.87. The fourth-order valence-electron chi connectivity index (χ4n) is 2.10. The van der Waals surface area contributed by atoms with Gasteiger partial charge in [0.15, 0.2) is 0 Å². The molecule has 0 aliphatic heterocycles. The van der Waals surface area contributed by atoms with Gasteiger partial charge in [-0.05, 0) is 35.4 Å². The molecule has 7 heteroatoms.